The molecule has 2 aromatic carbocycles. The van der Waals surface area contributed by atoms with E-state index < -0.39 is 0 Å². The molecular weight excluding hydrogens is 288 g/mol. The molecule has 0 aliphatic heterocycles. The standard InChI is InChI=1S/C16H13ClN2O2/c1-21-16-5-3-11(9-15(16)20)19-13-6-7-18-14-8-10(17)2-4-12(13)14/h2-9,20H,1H3,(H,18,19). The summed E-state index contributed by atoms with van der Waals surface area (Å²) in [4.78, 5) is 4.30. The zero-order valence-electron chi connectivity index (χ0n) is 11.3. The molecule has 2 N–H and O–H groups in total. The number of methoxy groups -OCH3 is 1. The molecular formula is C16H13ClN2O2. The third-order valence-electron chi connectivity index (χ3n) is 3.16. The number of nitrogens with one attached hydrogen (secondary N) is 1. The molecule has 0 fully saturated rings. The average Bonchev–Trinajstić information content (AvgIpc) is 2.47. The van der Waals surface area contributed by atoms with Crippen LogP contribution < -0.4 is 10.1 Å². The molecule has 3 aromatic rings. The van der Waals surface area contributed by atoms with Crippen LogP contribution in [0.25, 0.3) is 10.9 Å². The summed E-state index contributed by atoms with van der Waals surface area (Å²) in [5.74, 6) is 0.524. The van der Waals surface area contributed by atoms with Crippen molar-refractivity contribution < 1.29 is 9.84 Å². The number of rotatable bonds is 3. The molecule has 0 atom stereocenters. The second-order valence-electron chi connectivity index (χ2n) is 4.53. The van der Waals surface area contributed by atoms with Crippen molar-refractivity contribution in [2.75, 3.05) is 12.4 Å². The van der Waals surface area contributed by atoms with Crippen LogP contribution in [0.5, 0.6) is 11.5 Å². The summed E-state index contributed by atoms with van der Waals surface area (Å²) in [5, 5.41) is 14.7. The van der Waals surface area contributed by atoms with Gasteiger partial charge in [0.1, 0.15) is 0 Å². The Morgan fingerprint density at radius 1 is 1.14 bits per heavy atom. The van der Waals surface area contributed by atoms with Crippen molar-refractivity contribution in [1.29, 1.82) is 0 Å². The van der Waals surface area contributed by atoms with Gasteiger partial charge in [0.2, 0.25) is 0 Å². The van der Waals surface area contributed by atoms with Gasteiger partial charge < -0.3 is 15.2 Å². The summed E-state index contributed by atoms with van der Waals surface area (Å²) in [6, 6.07) is 12.6. The molecule has 0 unspecified atom stereocenters. The Bertz CT molecular complexity index is 805. The minimum atomic E-state index is 0.0870. The van der Waals surface area contributed by atoms with Gasteiger partial charge in [-0.05, 0) is 36.4 Å². The average molecular weight is 301 g/mol. The maximum atomic E-state index is 9.82. The van der Waals surface area contributed by atoms with E-state index in [1.807, 2.05) is 30.3 Å². The molecule has 0 radical (unpaired) electrons. The van der Waals surface area contributed by atoms with Crippen LogP contribution >= 0.6 is 11.6 Å². The Morgan fingerprint density at radius 2 is 2.00 bits per heavy atom. The van der Waals surface area contributed by atoms with Crippen LogP contribution in [0.1, 0.15) is 0 Å². The Balaban J connectivity index is 2.00. The number of anilines is 2. The number of pyridine rings is 1. The summed E-state index contributed by atoms with van der Waals surface area (Å²) >= 11 is 5.98. The summed E-state index contributed by atoms with van der Waals surface area (Å²) < 4.78 is 5.03. The molecule has 1 heterocycles. The van der Waals surface area contributed by atoms with Crippen LogP contribution in [-0.4, -0.2) is 17.2 Å². The monoisotopic (exact) mass is 300 g/mol. The van der Waals surface area contributed by atoms with Crippen LogP contribution in [0.2, 0.25) is 5.02 Å². The number of phenols is 1. The first-order chi connectivity index (χ1) is 10.2. The van der Waals surface area contributed by atoms with Crippen LogP contribution in [0.3, 0.4) is 0 Å². The van der Waals surface area contributed by atoms with E-state index in [1.165, 1.54) is 7.11 Å². The lowest BCUT2D eigenvalue weighted by molar-refractivity contribution is 0.373. The number of aromatic nitrogens is 1. The number of benzene rings is 2. The zero-order valence-corrected chi connectivity index (χ0v) is 12.1. The third kappa shape index (κ3) is 2.71. The zero-order chi connectivity index (χ0) is 14.8. The van der Waals surface area contributed by atoms with Gasteiger partial charge in [-0.2, -0.15) is 0 Å². The SMILES string of the molecule is COc1ccc(Nc2ccnc3cc(Cl)ccc23)cc1O. The van der Waals surface area contributed by atoms with E-state index in [4.69, 9.17) is 16.3 Å². The summed E-state index contributed by atoms with van der Waals surface area (Å²) in [5.41, 5.74) is 2.46. The number of halogens is 1. The smallest absolute Gasteiger partial charge is 0.160 e. The molecule has 0 saturated heterocycles. The lowest BCUT2D eigenvalue weighted by Crippen LogP contribution is -1.93. The number of fused-ring (bicyclic) bond motifs is 1. The number of phenolic OH excluding ortho intramolecular Hbond substituents is 1. The number of hydrogen-bond donors (Lipinski definition) is 2. The van der Waals surface area contributed by atoms with Gasteiger partial charge in [-0.3, -0.25) is 4.98 Å². The highest BCUT2D eigenvalue weighted by atomic mass is 35.5. The third-order valence-corrected chi connectivity index (χ3v) is 3.40. The Kier molecular flexibility index (Phi) is 3.54. The fourth-order valence-corrected chi connectivity index (χ4v) is 2.32. The molecule has 5 heteroatoms. The van der Waals surface area contributed by atoms with Crippen molar-refractivity contribution in [3.8, 4) is 11.5 Å². The van der Waals surface area contributed by atoms with E-state index in [2.05, 4.69) is 10.3 Å². The first-order valence-corrected chi connectivity index (χ1v) is 6.73. The van der Waals surface area contributed by atoms with Crippen molar-refractivity contribution in [2.45, 2.75) is 0 Å². The minimum absolute atomic E-state index is 0.0870. The number of ether oxygens (including phenoxy) is 1. The van der Waals surface area contributed by atoms with Crippen LogP contribution in [-0.2, 0) is 0 Å². The normalized spacial score (nSPS) is 10.6. The molecule has 0 saturated carbocycles. The maximum absolute atomic E-state index is 9.82. The molecule has 0 aliphatic carbocycles. The second kappa shape index (κ2) is 5.50. The van der Waals surface area contributed by atoms with E-state index in [0.29, 0.717) is 10.8 Å². The lowest BCUT2D eigenvalue weighted by Gasteiger charge is -2.11. The molecule has 4 nitrogen and oxygen atoms in total. The van der Waals surface area contributed by atoms with Gasteiger partial charge in [-0.25, -0.2) is 0 Å². The van der Waals surface area contributed by atoms with Gasteiger partial charge in [0, 0.05) is 34.0 Å². The number of hydrogen-bond acceptors (Lipinski definition) is 4. The van der Waals surface area contributed by atoms with Gasteiger partial charge in [0.05, 0.1) is 12.6 Å². The molecule has 21 heavy (non-hydrogen) atoms. The van der Waals surface area contributed by atoms with Crippen molar-refractivity contribution in [3.63, 3.8) is 0 Å². The van der Waals surface area contributed by atoms with E-state index >= 15 is 0 Å². The molecule has 0 aliphatic rings. The first kappa shape index (κ1) is 13.5. The molecule has 0 bridgehead atoms. The van der Waals surface area contributed by atoms with Crippen LogP contribution in [0, 0.1) is 0 Å². The predicted molar refractivity (Wildman–Crippen MR) is 84.7 cm³/mol. The first-order valence-electron chi connectivity index (χ1n) is 6.35. The highest BCUT2D eigenvalue weighted by Crippen LogP contribution is 2.32. The fourth-order valence-electron chi connectivity index (χ4n) is 2.15. The van der Waals surface area contributed by atoms with Gasteiger partial charge in [0.25, 0.3) is 0 Å². The van der Waals surface area contributed by atoms with Gasteiger partial charge in [-0.15, -0.1) is 0 Å². The topological polar surface area (TPSA) is 54.4 Å². The minimum Gasteiger partial charge on any atom is -0.504 e. The largest absolute Gasteiger partial charge is 0.504 e. The molecule has 0 amide bonds. The summed E-state index contributed by atoms with van der Waals surface area (Å²) in [6.07, 6.45) is 1.71. The quantitative estimate of drug-likeness (QED) is 0.755. The summed E-state index contributed by atoms with van der Waals surface area (Å²) in [6.45, 7) is 0. The molecule has 0 spiro atoms. The van der Waals surface area contributed by atoms with Gasteiger partial charge in [-0.1, -0.05) is 11.6 Å². The Morgan fingerprint density at radius 3 is 2.76 bits per heavy atom. The van der Waals surface area contributed by atoms with Crippen molar-refractivity contribution in [2.24, 2.45) is 0 Å². The Labute approximate surface area is 127 Å². The fraction of sp³-hybridized carbons (Fsp3) is 0.0625. The molecule has 106 valence electrons. The van der Waals surface area contributed by atoms with Crippen molar-refractivity contribution >= 4 is 33.9 Å². The second-order valence-corrected chi connectivity index (χ2v) is 4.97. The van der Waals surface area contributed by atoms with E-state index in [1.54, 1.807) is 18.3 Å². The highest BCUT2D eigenvalue weighted by molar-refractivity contribution is 6.31. The van der Waals surface area contributed by atoms with Crippen LogP contribution in [0.15, 0.2) is 48.7 Å². The molecule has 1 aromatic heterocycles. The van der Waals surface area contributed by atoms with Crippen molar-refractivity contribution in [3.05, 3.63) is 53.7 Å². The lowest BCUT2D eigenvalue weighted by atomic mass is 10.2. The molecule has 3 rings (SSSR count). The van der Waals surface area contributed by atoms with Crippen LogP contribution in [0.4, 0.5) is 11.4 Å². The number of aromatic hydroxyl groups is 1. The summed E-state index contributed by atoms with van der Waals surface area (Å²) in [7, 11) is 1.52. The van der Waals surface area contributed by atoms with E-state index in [9.17, 15) is 5.11 Å². The van der Waals surface area contributed by atoms with Gasteiger partial charge >= 0.3 is 0 Å². The van der Waals surface area contributed by atoms with Crippen molar-refractivity contribution in [1.82, 2.24) is 4.98 Å². The van der Waals surface area contributed by atoms with E-state index in [-0.39, 0.29) is 5.75 Å². The van der Waals surface area contributed by atoms with Gasteiger partial charge in [0.15, 0.2) is 11.5 Å². The predicted octanol–water partition coefficient (Wildman–Crippen LogP) is 4.35. The highest BCUT2D eigenvalue weighted by Gasteiger charge is 2.06. The number of nitrogens with zero attached hydrogens (tertiary/aromatic N) is 1. The van der Waals surface area contributed by atoms with E-state index in [0.717, 1.165) is 22.3 Å². The maximum Gasteiger partial charge on any atom is 0.160 e. The Hall–Kier alpha value is -2.46.